The molecule has 0 saturated carbocycles. The molecule has 15 heteroatoms. The van der Waals surface area contributed by atoms with Crippen molar-refractivity contribution in [3.05, 3.63) is 65.4 Å². The molecule has 0 radical (unpaired) electrons. The zero-order chi connectivity index (χ0) is 29.0. The van der Waals surface area contributed by atoms with Gasteiger partial charge >= 0.3 is 5.97 Å². The number of thiazole rings is 1. The summed E-state index contributed by atoms with van der Waals surface area (Å²) in [6.07, 6.45) is 9.11. The lowest BCUT2D eigenvalue weighted by molar-refractivity contribution is 0.0531. The number of fused-ring (bicyclic) bond motifs is 1. The Morgan fingerprint density at radius 2 is 1.93 bits per heavy atom. The number of aryl methyl sites for hydroxylation is 2. The molecule has 4 heterocycles. The van der Waals surface area contributed by atoms with E-state index in [-0.39, 0.29) is 17.5 Å². The van der Waals surface area contributed by atoms with Crippen molar-refractivity contribution in [3.63, 3.8) is 0 Å². The molecule has 0 atom stereocenters. The van der Waals surface area contributed by atoms with Crippen molar-refractivity contribution in [3.8, 4) is 0 Å². The SMILES string of the molecule is CCOC(=O)c1sc(Nc2nc(NCCCn3ccnc3)c3ncn(Cc4ccc(S(C)(=O)=O)cc4)c3n2)nc1C. The predicted molar refractivity (Wildman–Crippen MR) is 155 cm³/mol. The molecular formula is C26H29N9O4S2. The molecule has 0 aliphatic heterocycles. The van der Waals surface area contributed by atoms with Crippen molar-refractivity contribution in [1.82, 2.24) is 34.1 Å². The van der Waals surface area contributed by atoms with Crippen LogP contribution < -0.4 is 10.6 Å². The molecule has 2 N–H and O–H groups in total. The number of anilines is 3. The number of nitrogens with one attached hydrogen (secondary N) is 2. The van der Waals surface area contributed by atoms with Crippen molar-refractivity contribution in [2.75, 3.05) is 30.0 Å². The van der Waals surface area contributed by atoms with Gasteiger partial charge in [-0.05, 0) is 38.0 Å². The monoisotopic (exact) mass is 595 g/mol. The van der Waals surface area contributed by atoms with Crippen LogP contribution in [0.2, 0.25) is 0 Å². The number of nitrogens with zero attached hydrogens (tertiary/aromatic N) is 7. The van der Waals surface area contributed by atoms with Gasteiger partial charge < -0.3 is 19.2 Å². The first-order valence-corrected chi connectivity index (χ1v) is 15.5. The molecule has 0 bridgehead atoms. The van der Waals surface area contributed by atoms with Gasteiger partial charge in [0.05, 0.1) is 36.4 Å². The minimum atomic E-state index is -3.29. The Hall–Kier alpha value is -4.37. The first kappa shape index (κ1) is 28.2. The number of hydrogen-bond acceptors (Lipinski definition) is 12. The van der Waals surface area contributed by atoms with Crippen LogP contribution in [0.1, 0.15) is 34.3 Å². The number of aromatic nitrogens is 7. The van der Waals surface area contributed by atoms with Crippen molar-refractivity contribution in [2.24, 2.45) is 0 Å². The molecule has 0 aliphatic rings. The van der Waals surface area contributed by atoms with E-state index < -0.39 is 15.8 Å². The summed E-state index contributed by atoms with van der Waals surface area (Å²) in [7, 11) is -3.29. The van der Waals surface area contributed by atoms with Gasteiger partial charge in [-0.2, -0.15) is 9.97 Å². The van der Waals surface area contributed by atoms with Crippen molar-refractivity contribution in [2.45, 2.75) is 38.3 Å². The van der Waals surface area contributed by atoms with Gasteiger partial charge in [-0.25, -0.2) is 28.2 Å². The van der Waals surface area contributed by atoms with E-state index in [1.165, 1.54) is 17.6 Å². The average Bonchev–Trinajstić information content (AvgIpc) is 3.68. The molecule has 5 aromatic rings. The van der Waals surface area contributed by atoms with Crippen molar-refractivity contribution >= 4 is 55.2 Å². The van der Waals surface area contributed by atoms with Gasteiger partial charge in [-0.15, -0.1) is 0 Å². The van der Waals surface area contributed by atoms with E-state index in [9.17, 15) is 13.2 Å². The number of hydrogen-bond donors (Lipinski definition) is 2. The van der Waals surface area contributed by atoms with Crippen LogP contribution in [0.3, 0.4) is 0 Å². The summed E-state index contributed by atoms with van der Waals surface area (Å²) in [5.41, 5.74) is 2.60. The van der Waals surface area contributed by atoms with Gasteiger partial charge in [0.1, 0.15) is 4.88 Å². The summed E-state index contributed by atoms with van der Waals surface area (Å²) in [4.78, 5) is 35.4. The minimum absolute atomic E-state index is 0.258. The zero-order valence-electron chi connectivity index (χ0n) is 22.7. The number of carbonyl (C=O) groups excluding carboxylic acids is 1. The third kappa shape index (κ3) is 6.69. The fourth-order valence-corrected chi connectivity index (χ4v) is 5.58. The molecule has 0 fully saturated rings. The predicted octanol–water partition coefficient (Wildman–Crippen LogP) is 3.66. The number of esters is 1. The molecule has 1 aromatic carbocycles. The molecular weight excluding hydrogens is 566 g/mol. The van der Waals surface area contributed by atoms with Crippen LogP contribution in [0.4, 0.5) is 16.9 Å². The maximum Gasteiger partial charge on any atom is 0.350 e. The van der Waals surface area contributed by atoms with E-state index >= 15 is 0 Å². The average molecular weight is 596 g/mol. The number of ether oxygens (including phenoxy) is 1. The maximum atomic E-state index is 12.3. The summed E-state index contributed by atoms with van der Waals surface area (Å²) in [6.45, 7) is 5.61. The third-order valence-electron chi connectivity index (χ3n) is 6.09. The highest BCUT2D eigenvalue weighted by Gasteiger charge is 2.19. The number of imidazole rings is 2. The second-order valence-electron chi connectivity index (χ2n) is 9.22. The summed E-state index contributed by atoms with van der Waals surface area (Å²) in [6, 6.07) is 6.72. The van der Waals surface area contributed by atoms with Crippen LogP contribution in [0.5, 0.6) is 0 Å². The summed E-state index contributed by atoms with van der Waals surface area (Å²) in [5, 5.41) is 6.96. The molecule has 0 unspecified atom stereocenters. The Morgan fingerprint density at radius 3 is 2.63 bits per heavy atom. The third-order valence-corrected chi connectivity index (χ3v) is 8.27. The molecule has 0 amide bonds. The molecule has 4 aromatic heterocycles. The molecule has 0 aliphatic carbocycles. The van der Waals surface area contributed by atoms with Gasteiger partial charge in [0.15, 0.2) is 32.0 Å². The van der Waals surface area contributed by atoms with Crippen LogP contribution in [-0.4, -0.2) is 67.8 Å². The summed E-state index contributed by atoms with van der Waals surface area (Å²) in [5.74, 6) is 0.410. The second kappa shape index (κ2) is 12.0. The highest BCUT2D eigenvalue weighted by atomic mass is 32.2. The largest absolute Gasteiger partial charge is 0.462 e. The summed E-state index contributed by atoms with van der Waals surface area (Å²) < 4.78 is 32.7. The summed E-state index contributed by atoms with van der Waals surface area (Å²) >= 11 is 1.17. The molecule has 0 saturated heterocycles. The van der Waals surface area contributed by atoms with E-state index in [0.29, 0.717) is 45.8 Å². The standard InChI is InChI=1S/C26H29N9O4S2/c1-4-39-24(36)21-17(2)30-26(40-21)33-25-31-22(28-10-5-12-34-13-11-27-15-34)20-23(32-25)35(16-29-20)14-18-6-8-19(9-7-18)41(3,37)38/h6-9,11,13,15-16H,4-5,10,12,14H2,1-3H3,(H2,28,30,31,32,33). The number of carbonyl (C=O) groups is 1. The minimum Gasteiger partial charge on any atom is -0.462 e. The molecule has 41 heavy (non-hydrogen) atoms. The lowest BCUT2D eigenvalue weighted by Crippen LogP contribution is -2.10. The van der Waals surface area contributed by atoms with E-state index in [1.54, 1.807) is 57.0 Å². The Balaban J connectivity index is 1.43. The van der Waals surface area contributed by atoms with E-state index in [2.05, 4.69) is 30.6 Å². The van der Waals surface area contributed by atoms with Crippen molar-refractivity contribution < 1.29 is 17.9 Å². The Labute approximate surface area is 240 Å². The first-order chi connectivity index (χ1) is 19.7. The number of sulfone groups is 1. The van der Waals surface area contributed by atoms with Gasteiger partial charge in [0, 0.05) is 31.7 Å². The number of rotatable bonds is 12. The Bertz CT molecular complexity index is 1760. The van der Waals surface area contributed by atoms with Gasteiger partial charge in [-0.1, -0.05) is 23.5 Å². The first-order valence-electron chi connectivity index (χ1n) is 12.8. The van der Waals surface area contributed by atoms with Crippen LogP contribution >= 0.6 is 11.3 Å². The topological polar surface area (TPSA) is 159 Å². The lowest BCUT2D eigenvalue weighted by Gasteiger charge is -2.10. The van der Waals surface area contributed by atoms with Crippen LogP contribution in [0.15, 0.2) is 54.2 Å². The molecule has 5 rings (SSSR count). The van der Waals surface area contributed by atoms with Gasteiger partial charge in [-0.3, -0.25) is 5.32 Å². The Kier molecular flexibility index (Phi) is 8.26. The van der Waals surface area contributed by atoms with E-state index in [0.717, 1.165) is 18.5 Å². The number of benzene rings is 1. The van der Waals surface area contributed by atoms with Gasteiger partial charge in [0.25, 0.3) is 0 Å². The van der Waals surface area contributed by atoms with Crippen molar-refractivity contribution in [1.29, 1.82) is 0 Å². The lowest BCUT2D eigenvalue weighted by atomic mass is 10.2. The Morgan fingerprint density at radius 1 is 1.12 bits per heavy atom. The highest BCUT2D eigenvalue weighted by Crippen LogP contribution is 2.28. The molecule has 13 nitrogen and oxygen atoms in total. The van der Waals surface area contributed by atoms with Crippen LogP contribution in [0.25, 0.3) is 11.2 Å². The fourth-order valence-electron chi connectivity index (χ4n) is 4.10. The normalized spacial score (nSPS) is 11.6. The van der Waals surface area contributed by atoms with Crippen LogP contribution in [0, 0.1) is 6.92 Å². The van der Waals surface area contributed by atoms with Crippen LogP contribution in [-0.2, 0) is 27.7 Å². The van der Waals surface area contributed by atoms with E-state index in [1.807, 2.05) is 15.3 Å². The van der Waals surface area contributed by atoms with Gasteiger partial charge in [0.2, 0.25) is 5.95 Å². The molecule has 214 valence electrons. The maximum absolute atomic E-state index is 12.3. The highest BCUT2D eigenvalue weighted by molar-refractivity contribution is 7.90. The second-order valence-corrected chi connectivity index (χ2v) is 12.2. The molecule has 0 spiro atoms. The van der Waals surface area contributed by atoms with E-state index in [4.69, 9.17) is 9.72 Å². The quantitative estimate of drug-likeness (QED) is 0.160. The zero-order valence-corrected chi connectivity index (χ0v) is 24.4. The smallest absolute Gasteiger partial charge is 0.350 e. The fraction of sp³-hybridized carbons (Fsp3) is 0.308.